The van der Waals surface area contributed by atoms with E-state index < -0.39 is 27.6 Å². The third-order valence-electron chi connectivity index (χ3n) is 7.19. The molecule has 0 spiro atoms. The van der Waals surface area contributed by atoms with Crippen LogP contribution in [-0.4, -0.2) is 85.9 Å². The minimum Gasteiger partial charge on any atom is -0.339 e. The van der Waals surface area contributed by atoms with Crippen LogP contribution in [0.2, 0.25) is 0 Å². The fourth-order valence-corrected chi connectivity index (χ4v) is 5.77. The standard InChI is InChI=1S/C31H42N4O4S2/c1-31(2,32)17-9-14-29(36)35(5)28(20-23-15-16-24-11-7-8-12-25(24)19-23)30(37)34(4)26(21-27-13-10-18-40-27)22-33(3)41(6,38)39/h7-16,18-19,26,28H,17,20-22,32H2,1-6H3/t26-,28-/m1/s1. The zero-order valence-corrected chi connectivity index (χ0v) is 26.4. The van der Waals surface area contributed by atoms with E-state index in [0.29, 0.717) is 19.3 Å². The van der Waals surface area contributed by atoms with E-state index in [0.717, 1.165) is 27.5 Å². The van der Waals surface area contributed by atoms with Crippen molar-refractivity contribution in [1.29, 1.82) is 0 Å². The molecule has 1 aromatic heterocycles. The molecule has 0 saturated carbocycles. The number of carbonyl (C=O) groups is 2. The number of nitrogens with two attached hydrogens (primary N) is 1. The maximum Gasteiger partial charge on any atom is 0.246 e. The van der Waals surface area contributed by atoms with Crippen LogP contribution in [0.15, 0.2) is 72.1 Å². The van der Waals surface area contributed by atoms with E-state index in [2.05, 4.69) is 0 Å². The van der Waals surface area contributed by atoms with Crippen LogP contribution in [0.4, 0.5) is 0 Å². The molecule has 41 heavy (non-hydrogen) atoms. The van der Waals surface area contributed by atoms with Gasteiger partial charge in [0.25, 0.3) is 0 Å². The molecule has 0 fully saturated rings. The summed E-state index contributed by atoms with van der Waals surface area (Å²) in [5.74, 6) is -0.560. The predicted molar refractivity (Wildman–Crippen MR) is 168 cm³/mol. The van der Waals surface area contributed by atoms with E-state index in [1.807, 2.05) is 73.8 Å². The Morgan fingerprint density at radius 1 is 0.976 bits per heavy atom. The van der Waals surface area contributed by atoms with E-state index >= 15 is 0 Å². The van der Waals surface area contributed by atoms with Crippen molar-refractivity contribution in [2.24, 2.45) is 5.73 Å². The van der Waals surface area contributed by atoms with Gasteiger partial charge in [-0.2, -0.15) is 0 Å². The summed E-state index contributed by atoms with van der Waals surface area (Å²) < 4.78 is 25.8. The third-order valence-corrected chi connectivity index (χ3v) is 9.37. The summed E-state index contributed by atoms with van der Waals surface area (Å²) in [5, 5.41) is 4.10. The van der Waals surface area contributed by atoms with Crippen molar-refractivity contribution in [3.8, 4) is 0 Å². The molecule has 3 aromatic rings. The van der Waals surface area contributed by atoms with E-state index in [1.54, 1.807) is 36.4 Å². The Labute approximate surface area is 248 Å². The summed E-state index contributed by atoms with van der Waals surface area (Å²) in [4.78, 5) is 31.6. The molecule has 222 valence electrons. The lowest BCUT2D eigenvalue weighted by atomic mass is 9.99. The van der Waals surface area contributed by atoms with E-state index in [1.165, 1.54) is 22.3 Å². The second kappa shape index (κ2) is 13.7. The van der Waals surface area contributed by atoms with Crippen molar-refractivity contribution < 1.29 is 18.0 Å². The van der Waals surface area contributed by atoms with Crippen molar-refractivity contribution in [2.45, 2.75) is 50.7 Å². The fourth-order valence-electron chi connectivity index (χ4n) is 4.55. The third kappa shape index (κ3) is 9.49. The lowest BCUT2D eigenvalue weighted by molar-refractivity contribution is -0.143. The van der Waals surface area contributed by atoms with Crippen LogP contribution in [-0.2, 0) is 32.5 Å². The smallest absolute Gasteiger partial charge is 0.246 e. The first-order valence-corrected chi connectivity index (χ1v) is 16.3. The Kier molecular flexibility index (Phi) is 10.9. The number of thiophene rings is 1. The van der Waals surface area contributed by atoms with Gasteiger partial charge in [-0.15, -0.1) is 11.3 Å². The molecule has 0 unspecified atom stereocenters. The Bertz CT molecular complexity index is 1460. The van der Waals surface area contributed by atoms with E-state index in [9.17, 15) is 18.0 Å². The molecule has 0 bridgehead atoms. The summed E-state index contributed by atoms with van der Waals surface area (Å²) in [6, 6.07) is 16.7. The Balaban J connectivity index is 1.95. The Morgan fingerprint density at radius 3 is 2.27 bits per heavy atom. The number of likely N-dealkylation sites (N-methyl/N-ethyl adjacent to an activating group) is 3. The van der Waals surface area contributed by atoms with Crippen molar-refractivity contribution in [2.75, 3.05) is 33.9 Å². The SMILES string of the molecule is CN(C(=O)[C@@H](Cc1ccc2ccccc2c1)N(C)C(=O)C=CCC(C)(C)N)[C@H](Cc1cccs1)CN(C)S(C)(=O)=O. The Morgan fingerprint density at radius 2 is 1.66 bits per heavy atom. The molecule has 0 aliphatic carbocycles. The molecule has 2 atom stereocenters. The van der Waals surface area contributed by atoms with Crippen molar-refractivity contribution in [3.63, 3.8) is 0 Å². The van der Waals surface area contributed by atoms with Crippen LogP contribution in [0.25, 0.3) is 10.8 Å². The summed E-state index contributed by atoms with van der Waals surface area (Å²) in [6.45, 7) is 3.90. The molecule has 2 N–H and O–H groups in total. The maximum absolute atomic E-state index is 14.2. The number of benzene rings is 2. The highest BCUT2D eigenvalue weighted by Crippen LogP contribution is 2.21. The predicted octanol–water partition coefficient (Wildman–Crippen LogP) is 3.92. The topological polar surface area (TPSA) is 104 Å². The highest BCUT2D eigenvalue weighted by molar-refractivity contribution is 7.88. The van der Waals surface area contributed by atoms with Gasteiger partial charge < -0.3 is 15.5 Å². The van der Waals surface area contributed by atoms with Gasteiger partial charge in [0.2, 0.25) is 21.8 Å². The van der Waals surface area contributed by atoms with Crippen LogP contribution < -0.4 is 5.73 Å². The maximum atomic E-state index is 14.2. The summed E-state index contributed by atoms with van der Waals surface area (Å²) >= 11 is 1.56. The molecule has 2 aromatic carbocycles. The lowest BCUT2D eigenvalue weighted by Crippen LogP contribution is -2.54. The summed E-state index contributed by atoms with van der Waals surface area (Å²) in [6.07, 6.45) is 5.67. The molecule has 2 amide bonds. The second-order valence-corrected chi connectivity index (χ2v) is 14.5. The number of sulfonamides is 1. The number of nitrogens with zero attached hydrogens (tertiary/aromatic N) is 3. The number of hydrogen-bond donors (Lipinski definition) is 1. The number of rotatable bonds is 13. The normalized spacial score (nSPS) is 14.0. The molecular weight excluding hydrogens is 556 g/mol. The van der Waals surface area contributed by atoms with Gasteiger partial charge in [0.05, 0.1) is 12.3 Å². The second-order valence-electron chi connectivity index (χ2n) is 11.4. The van der Waals surface area contributed by atoms with E-state index in [-0.39, 0.29) is 18.4 Å². The number of hydrogen-bond acceptors (Lipinski definition) is 6. The zero-order chi connectivity index (χ0) is 30.4. The van der Waals surface area contributed by atoms with Crippen LogP contribution >= 0.6 is 11.3 Å². The minimum absolute atomic E-state index is 0.130. The molecular formula is C31H42N4O4S2. The molecule has 1 heterocycles. The first kappa shape index (κ1) is 32.5. The monoisotopic (exact) mass is 598 g/mol. The fraction of sp³-hybridized carbons (Fsp3) is 0.419. The zero-order valence-electron chi connectivity index (χ0n) is 24.8. The molecule has 10 heteroatoms. The number of carbonyl (C=O) groups excluding carboxylic acids is 2. The summed E-state index contributed by atoms with van der Waals surface area (Å²) in [5.41, 5.74) is 6.53. The number of amides is 2. The molecule has 0 saturated heterocycles. The largest absolute Gasteiger partial charge is 0.339 e. The van der Waals surface area contributed by atoms with Crippen LogP contribution in [0.5, 0.6) is 0 Å². The van der Waals surface area contributed by atoms with E-state index in [4.69, 9.17) is 5.73 Å². The molecule has 3 rings (SSSR count). The average Bonchev–Trinajstić information content (AvgIpc) is 3.42. The van der Waals surface area contributed by atoms with Crippen molar-refractivity contribution in [3.05, 3.63) is 82.6 Å². The van der Waals surface area contributed by atoms with Gasteiger partial charge in [-0.25, -0.2) is 12.7 Å². The molecule has 0 aliphatic rings. The first-order valence-electron chi connectivity index (χ1n) is 13.6. The van der Waals surface area contributed by atoms with Gasteiger partial charge in [-0.05, 0) is 54.1 Å². The quantitative estimate of drug-likeness (QED) is 0.301. The van der Waals surface area contributed by atoms with Crippen LogP contribution in [0.3, 0.4) is 0 Å². The van der Waals surface area contributed by atoms with Gasteiger partial charge in [0.1, 0.15) is 6.04 Å². The minimum atomic E-state index is -3.46. The van der Waals surface area contributed by atoms with Gasteiger partial charge in [0, 0.05) is 50.9 Å². The molecule has 0 aliphatic heterocycles. The highest BCUT2D eigenvalue weighted by Gasteiger charge is 2.33. The van der Waals surface area contributed by atoms with Gasteiger partial charge in [0.15, 0.2) is 0 Å². The Hall–Kier alpha value is -3.05. The van der Waals surface area contributed by atoms with Gasteiger partial charge >= 0.3 is 0 Å². The van der Waals surface area contributed by atoms with Crippen molar-refractivity contribution >= 4 is 43.9 Å². The van der Waals surface area contributed by atoms with Crippen molar-refractivity contribution in [1.82, 2.24) is 14.1 Å². The average molecular weight is 599 g/mol. The lowest BCUT2D eigenvalue weighted by Gasteiger charge is -2.36. The molecule has 0 radical (unpaired) electrons. The first-order chi connectivity index (χ1) is 19.2. The van der Waals surface area contributed by atoms with Crippen LogP contribution in [0, 0.1) is 0 Å². The van der Waals surface area contributed by atoms with Gasteiger partial charge in [-0.1, -0.05) is 54.6 Å². The van der Waals surface area contributed by atoms with Crippen LogP contribution in [0.1, 0.15) is 30.7 Å². The summed E-state index contributed by atoms with van der Waals surface area (Å²) in [7, 11) is 1.38. The highest BCUT2D eigenvalue weighted by atomic mass is 32.2. The van der Waals surface area contributed by atoms with Gasteiger partial charge in [-0.3, -0.25) is 9.59 Å². The molecule has 8 nitrogen and oxygen atoms in total. The number of fused-ring (bicyclic) bond motifs is 1.